The number of methoxy groups -OCH3 is 1. The number of hydrogen-bond acceptors (Lipinski definition) is 7. The average Bonchev–Trinajstić information content (AvgIpc) is 3.00. The van der Waals surface area contributed by atoms with Gasteiger partial charge in [-0.2, -0.15) is 0 Å². The lowest BCUT2D eigenvalue weighted by atomic mass is 10.0. The van der Waals surface area contributed by atoms with Crippen molar-refractivity contribution in [1.29, 1.82) is 0 Å². The molecule has 4 aromatic carbocycles. The number of anilines is 2. The molecule has 10 nitrogen and oxygen atoms in total. The van der Waals surface area contributed by atoms with E-state index in [1.165, 1.54) is 7.11 Å². The number of amidine groups is 1. The van der Waals surface area contributed by atoms with E-state index in [-0.39, 0.29) is 11.7 Å². The fraction of sp³-hybridized carbons (Fsp3) is 0.0667. The molecule has 0 heterocycles. The number of carbonyl (C=O) groups excluding carboxylic acids is 3. The van der Waals surface area contributed by atoms with Crippen LogP contribution in [0.4, 0.5) is 11.4 Å². The fourth-order valence-corrected chi connectivity index (χ4v) is 3.90. The predicted octanol–water partition coefficient (Wildman–Crippen LogP) is 4.15. The van der Waals surface area contributed by atoms with Crippen molar-refractivity contribution in [3.63, 3.8) is 0 Å². The maximum atomic E-state index is 13.6. The SMILES string of the molecule is COc1ccc(NC(=O)c2ccccc2)c(C(Nc2ccc(/C(N)=N/O)cc2)C(=O)NC(=O)c2ccccc2)c1. The van der Waals surface area contributed by atoms with Gasteiger partial charge in [0.1, 0.15) is 11.8 Å². The Morgan fingerprint density at radius 3 is 1.98 bits per heavy atom. The molecule has 0 saturated heterocycles. The summed E-state index contributed by atoms with van der Waals surface area (Å²) in [5, 5.41) is 20.4. The van der Waals surface area contributed by atoms with E-state index in [4.69, 9.17) is 15.7 Å². The molecule has 10 heteroatoms. The maximum Gasteiger partial charge on any atom is 0.257 e. The number of benzene rings is 4. The zero-order chi connectivity index (χ0) is 28.5. The first-order chi connectivity index (χ1) is 19.4. The third-order valence-electron chi connectivity index (χ3n) is 5.99. The summed E-state index contributed by atoms with van der Waals surface area (Å²) >= 11 is 0. The molecule has 0 aliphatic rings. The summed E-state index contributed by atoms with van der Waals surface area (Å²) in [4.78, 5) is 39.5. The predicted molar refractivity (Wildman–Crippen MR) is 152 cm³/mol. The number of nitrogens with one attached hydrogen (secondary N) is 3. The summed E-state index contributed by atoms with van der Waals surface area (Å²) in [6.45, 7) is 0. The first-order valence-corrected chi connectivity index (χ1v) is 12.2. The van der Waals surface area contributed by atoms with Crippen LogP contribution in [0, 0.1) is 0 Å². The number of carbonyl (C=O) groups is 3. The Labute approximate surface area is 230 Å². The van der Waals surface area contributed by atoms with Crippen molar-refractivity contribution >= 4 is 34.9 Å². The largest absolute Gasteiger partial charge is 0.497 e. The molecule has 4 aromatic rings. The lowest BCUT2D eigenvalue weighted by molar-refractivity contribution is -0.121. The molecule has 0 fully saturated rings. The van der Waals surface area contributed by atoms with Gasteiger partial charge in [-0.05, 0) is 66.7 Å². The van der Waals surface area contributed by atoms with Crippen molar-refractivity contribution in [1.82, 2.24) is 5.32 Å². The minimum Gasteiger partial charge on any atom is -0.497 e. The Morgan fingerprint density at radius 2 is 1.40 bits per heavy atom. The molecule has 6 N–H and O–H groups in total. The second-order valence-corrected chi connectivity index (χ2v) is 8.60. The Balaban J connectivity index is 1.72. The lowest BCUT2D eigenvalue weighted by Crippen LogP contribution is -2.38. The zero-order valence-corrected chi connectivity index (χ0v) is 21.5. The fourth-order valence-electron chi connectivity index (χ4n) is 3.90. The minimum absolute atomic E-state index is 0.0759. The Hall–Kier alpha value is -5.64. The summed E-state index contributed by atoms with van der Waals surface area (Å²) in [6.07, 6.45) is 0. The monoisotopic (exact) mass is 537 g/mol. The second-order valence-electron chi connectivity index (χ2n) is 8.60. The third-order valence-corrected chi connectivity index (χ3v) is 5.99. The van der Waals surface area contributed by atoms with E-state index < -0.39 is 17.9 Å². The Morgan fingerprint density at radius 1 is 0.800 bits per heavy atom. The number of nitrogens with two attached hydrogens (primary N) is 1. The van der Waals surface area contributed by atoms with Gasteiger partial charge in [0.05, 0.1) is 7.11 Å². The number of hydrogen-bond donors (Lipinski definition) is 5. The molecular formula is C30H27N5O5. The summed E-state index contributed by atoms with van der Waals surface area (Å²) in [5.41, 5.74) is 8.04. The van der Waals surface area contributed by atoms with Crippen molar-refractivity contribution in [2.45, 2.75) is 6.04 Å². The van der Waals surface area contributed by atoms with Crippen LogP contribution in [0.15, 0.2) is 108 Å². The van der Waals surface area contributed by atoms with E-state index in [1.54, 1.807) is 103 Å². The van der Waals surface area contributed by atoms with Crippen LogP contribution in [-0.2, 0) is 4.79 Å². The quantitative estimate of drug-likeness (QED) is 0.0929. The molecule has 1 unspecified atom stereocenters. The van der Waals surface area contributed by atoms with E-state index in [2.05, 4.69) is 21.1 Å². The minimum atomic E-state index is -1.15. The van der Waals surface area contributed by atoms with E-state index >= 15 is 0 Å². The summed E-state index contributed by atoms with van der Waals surface area (Å²) in [6, 6.07) is 27.2. The molecule has 40 heavy (non-hydrogen) atoms. The molecule has 0 saturated carbocycles. The first-order valence-electron chi connectivity index (χ1n) is 12.2. The van der Waals surface area contributed by atoms with Gasteiger partial charge in [-0.25, -0.2) is 0 Å². The number of nitrogens with zero attached hydrogens (tertiary/aromatic N) is 1. The molecule has 0 radical (unpaired) electrons. The highest BCUT2D eigenvalue weighted by atomic mass is 16.5. The van der Waals surface area contributed by atoms with E-state index in [9.17, 15) is 14.4 Å². The molecule has 0 aliphatic carbocycles. The van der Waals surface area contributed by atoms with E-state index in [0.29, 0.717) is 39.4 Å². The van der Waals surface area contributed by atoms with Crippen molar-refractivity contribution in [3.05, 3.63) is 125 Å². The van der Waals surface area contributed by atoms with Gasteiger partial charge >= 0.3 is 0 Å². The van der Waals surface area contributed by atoms with E-state index in [1.807, 2.05) is 0 Å². The number of ether oxygens (including phenoxy) is 1. The lowest BCUT2D eigenvalue weighted by Gasteiger charge is -2.23. The number of imide groups is 1. The van der Waals surface area contributed by atoms with Gasteiger partial charge in [-0.15, -0.1) is 0 Å². The van der Waals surface area contributed by atoms with Crippen LogP contribution in [0.25, 0.3) is 0 Å². The highest BCUT2D eigenvalue weighted by Gasteiger charge is 2.27. The van der Waals surface area contributed by atoms with Crippen molar-refractivity contribution in [3.8, 4) is 5.75 Å². The number of oxime groups is 1. The molecular weight excluding hydrogens is 510 g/mol. The maximum absolute atomic E-state index is 13.6. The second kappa shape index (κ2) is 12.7. The summed E-state index contributed by atoms with van der Waals surface area (Å²) in [7, 11) is 1.48. The van der Waals surface area contributed by atoms with Crippen LogP contribution in [0.5, 0.6) is 5.75 Å². The molecule has 3 amide bonds. The van der Waals surface area contributed by atoms with Crippen LogP contribution in [-0.4, -0.2) is 35.9 Å². The molecule has 202 valence electrons. The van der Waals surface area contributed by atoms with Crippen molar-refractivity contribution in [2.24, 2.45) is 10.9 Å². The molecule has 4 rings (SSSR count). The molecule has 0 spiro atoms. The van der Waals surface area contributed by atoms with Crippen LogP contribution >= 0.6 is 0 Å². The van der Waals surface area contributed by atoms with Crippen LogP contribution < -0.4 is 26.4 Å². The van der Waals surface area contributed by atoms with Crippen molar-refractivity contribution in [2.75, 3.05) is 17.7 Å². The third kappa shape index (κ3) is 6.62. The van der Waals surface area contributed by atoms with E-state index in [0.717, 1.165) is 0 Å². The Kier molecular flexibility index (Phi) is 8.73. The van der Waals surface area contributed by atoms with Crippen LogP contribution in [0.2, 0.25) is 0 Å². The molecule has 1 atom stereocenters. The summed E-state index contributed by atoms with van der Waals surface area (Å²) in [5.74, 6) is -1.28. The highest BCUT2D eigenvalue weighted by molar-refractivity contribution is 6.08. The van der Waals surface area contributed by atoms with Gasteiger partial charge < -0.3 is 26.3 Å². The van der Waals surface area contributed by atoms with Gasteiger partial charge in [-0.1, -0.05) is 41.6 Å². The first kappa shape index (κ1) is 27.4. The topological polar surface area (TPSA) is 155 Å². The van der Waals surface area contributed by atoms with Crippen LogP contribution in [0.1, 0.15) is 37.9 Å². The highest BCUT2D eigenvalue weighted by Crippen LogP contribution is 2.31. The normalized spacial score (nSPS) is 11.7. The summed E-state index contributed by atoms with van der Waals surface area (Å²) < 4.78 is 5.39. The standard InChI is InChI=1S/C30H27N5O5/c1-40-23-16-17-25(33-28(36)20-8-4-2-5-9-20)24(18-23)26(30(38)34-29(37)21-10-6-3-7-11-21)32-22-14-12-19(13-15-22)27(31)35-39/h2-18,26,32,39H,1H3,(H2,31,35)(H,33,36)(H,34,37,38). The van der Waals surface area contributed by atoms with Crippen LogP contribution in [0.3, 0.4) is 0 Å². The van der Waals surface area contributed by atoms with Gasteiger partial charge in [0.15, 0.2) is 5.84 Å². The molecule has 0 bridgehead atoms. The molecule has 0 aliphatic heterocycles. The van der Waals surface area contributed by atoms with Gasteiger partial charge in [0.25, 0.3) is 17.7 Å². The average molecular weight is 538 g/mol. The van der Waals surface area contributed by atoms with Crippen molar-refractivity contribution < 1.29 is 24.3 Å². The Bertz CT molecular complexity index is 1520. The smallest absolute Gasteiger partial charge is 0.257 e. The van der Waals surface area contributed by atoms with Gasteiger partial charge in [0.2, 0.25) is 0 Å². The number of rotatable bonds is 9. The van der Waals surface area contributed by atoms with Gasteiger partial charge in [-0.3, -0.25) is 19.7 Å². The number of amides is 3. The zero-order valence-electron chi connectivity index (χ0n) is 21.5. The van der Waals surface area contributed by atoms with Gasteiger partial charge in [0, 0.05) is 33.6 Å². The molecule has 0 aromatic heterocycles.